The van der Waals surface area contributed by atoms with Gasteiger partial charge in [-0.3, -0.25) is 9.69 Å². The molecule has 0 spiro atoms. The molecule has 2 aromatic heterocycles. The molecule has 0 bridgehead atoms. The van der Waals surface area contributed by atoms with Crippen LogP contribution in [0.1, 0.15) is 10.4 Å². The van der Waals surface area contributed by atoms with Gasteiger partial charge in [0.05, 0.1) is 12.7 Å². The van der Waals surface area contributed by atoms with Crippen molar-refractivity contribution < 1.29 is 13.9 Å². The van der Waals surface area contributed by atoms with Crippen molar-refractivity contribution >= 4 is 22.8 Å². The van der Waals surface area contributed by atoms with E-state index in [4.69, 9.17) is 9.15 Å². The van der Waals surface area contributed by atoms with Crippen LogP contribution in [-0.4, -0.2) is 78.1 Å². The van der Waals surface area contributed by atoms with Crippen molar-refractivity contribution in [2.75, 3.05) is 51.3 Å². The summed E-state index contributed by atoms with van der Waals surface area (Å²) in [5.74, 6) is 2.30. The second-order valence-electron chi connectivity index (χ2n) is 8.98. The molecule has 2 fully saturated rings. The van der Waals surface area contributed by atoms with Gasteiger partial charge in [-0.15, -0.1) is 0 Å². The quantitative estimate of drug-likeness (QED) is 0.443. The molecule has 0 N–H and O–H groups in total. The number of nitrogens with zero attached hydrogens (tertiary/aromatic N) is 5. The zero-order chi connectivity index (χ0) is 23.8. The van der Waals surface area contributed by atoms with Gasteiger partial charge in [0.2, 0.25) is 5.89 Å². The van der Waals surface area contributed by atoms with E-state index in [1.54, 1.807) is 7.11 Å². The molecule has 2 aliphatic rings. The van der Waals surface area contributed by atoms with Gasteiger partial charge in [0, 0.05) is 57.1 Å². The number of hydrogen-bond donors (Lipinski definition) is 0. The molecule has 6 rings (SSSR count). The number of hydrogen-bond acceptors (Lipinski definition) is 7. The fraction of sp³-hybridized carbons (Fsp3) is 0.296. The van der Waals surface area contributed by atoms with E-state index >= 15 is 0 Å². The van der Waals surface area contributed by atoms with Crippen molar-refractivity contribution in [3.05, 3.63) is 72.4 Å². The Morgan fingerprint density at radius 1 is 0.971 bits per heavy atom. The molecule has 0 atom stereocenters. The number of rotatable bonds is 5. The molecule has 0 saturated carbocycles. The number of carbonyl (C=O) groups excluding carboxylic acids is 1. The Balaban J connectivity index is 1.11. The highest BCUT2D eigenvalue weighted by Gasteiger charge is 2.37. The molecule has 2 aliphatic heterocycles. The van der Waals surface area contributed by atoms with Crippen LogP contribution in [0.25, 0.3) is 22.6 Å². The SMILES string of the molecule is COc1ccc(-c2nc3cccc(C(=O)N4CC(N5CCN(c6ccccn6)CC5)C4)c3o2)cc1. The molecule has 35 heavy (non-hydrogen) atoms. The zero-order valence-corrected chi connectivity index (χ0v) is 19.6. The number of oxazole rings is 1. The first kappa shape index (κ1) is 21.6. The van der Waals surface area contributed by atoms with E-state index in [1.807, 2.05) is 65.7 Å². The van der Waals surface area contributed by atoms with E-state index in [0.29, 0.717) is 28.6 Å². The molecule has 0 aliphatic carbocycles. The van der Waals surface area contributed by atoms with E-state index in [9.17, 15) is 4.79 Å². The molecule has 178 valence electrons. The van der Waals surface area contributed by atoms with Crippen LogP contribution in [0.5, 0.6) is 5.75 Å². The first-order chi connectivity index (χ1) is 17.2. The van der Waals surface area contributed by atoms with Gasteiger partial charge in [-0.05, 0) is 48.5 Å². The van der Waals surface area contributed by atoms with Crippen LogP contribution in [0.3, 0.4) is 0 Å². The first-order valence-electron chi connectivity index (χ1n) is 11.9. The van der Waals surface area contributed by atoms with Gasteiger partial charge in [-0.25, -0.2) is 9.97 Å². The Bertz CT molecular complexity index is 1320. The number of likely N-dealkylation sites (tertiary alicyclic amines) is 1. The highest BCUT2D eigenvalue weighted by Crippen LogP contribution is 2.30. The largest absolute Gasteiger partial charge is 0.497 e. The Morgan fingerprint density at radius 3 is 2.49 bits per heavy atom. The molecule has 0 unspecified atom stereocenters. The van der Waals surface area contributed by atoms with E-state index in [1.165, 1.54) is 0 Å². The van der Waals surface area contributed by atoms with Crippen LogP contribution in [0, 0.1) is 0 Å². The molecule has 2 saturated heterocycles. The topological polar surface area (TPSA) is 74.9 Å². The van der Waals surface area contributed by atoms with Crippen LogP contribution < -0.4 is 9.64 Å². The second-order valence-corrected chi connectivity index (χ2v) is 8.98. The average molecular weight is 470 g/mol. The minimum absolute atomic E-state index is 0.00333. The third-order valence-electron chi connectivity index (χ3n) is 6.94. The summed E-state index contributed by atoms with van der Waals surface area (Å²) in [7, 11) is 1.63. The van der Waals surface area contributed by atoms with Crippen molar-refractivity contribution in [2.45, 2.75) is 6.04 Å². The average Bonchev–Trinajstić information content (AvgIpc) is 3.33. The van der Waals surface area contributed by atoms with Crippen molar-refractivity contribution in [1.82, 2.24) is 19.8 Å². The molecule has 8 heteroatoms. The minimum atomic E-state index is -0.00333. The van der Waals surface area contributed by atoms with Crippen molar-refractivity contribution in [3.8, 4) is 17.2 Å². The third-order valence-corrected chi connectivity index (χ3v) is 6.94. The van der Waals surface area contributed by atoms with Crippen molar-refractivity contribution in [2.24, 2.45) is 0 Å². The van der Waals surface area contributed by atoms with E-state index in [0.717, 1.165) is 56.4 Å². The molecule has 1 amide bonds. The summed E-state index contributed by atoms with van der Waals surface area (Å²) in [5.41, 5.74) is 2.63. The predicted molar refractivity (Wildman–Crippen MR) is 134 cm³/mol. The molecular formula is C27H27N5O3. The Kier molecular flexibility index (Phi) is 5.58. The number of pyridine rings is 1. The standard InChI is InChI=1S/C27H27N5O3/c1-34-21-10-8-19(9-11-21)26-29-23-6-4-5-22(25(23)35-26)27(33)32-17-20(18-32)30-13-15-31(16-14-30)24-7-2-3-12-28-24/h2-12,20H,13-18H2,1H3. The van der Waals surface area contributed by atoms with Gasteiger partial charge < -0.3 is 19.0 Å². The monoisotopic (exact) mass is 469 g/mol. The summed E-state index contributed by atoms with van der Waals surface area (Å²) in [4.78, 5) is 29.1. The van der Waals surface area contributed by atoms with Crippen LogP contribution in [0.2, 0.25) is 0 Å². The molecule has 2 aromatic carbocycles. The molecule has 8 nitrogen and oxygen atoms in total. The molecule has 0 radical (unpaired) electrons. The maximum Gasteiger partial charge on any atom is 0.257 e. The number of fused-ring (bicyclic) bond motifs is 1. The maximum atomic E-state index is 13.3. The minimum Gasteiger partial charge on any atom is -0.497 e. The predicted octanol–water partition coefficient (Wildman–Crippen LogP) is 3.55. The highest BCUT2D eigenvalue weighted by atomic mass is 16.5. The van der Waals surface area contributed by atoms with Crippen LogP contribution >= 0.6 is 0 Å². The van der Waals surface area contributed by atoms with Crippen molar-refractivity contribution in [1.29, 1.82) is 0 Å². The lowest BCUT2D eigenvalue weighted by Crippen LogP contribution is -2.64. The van der Waals surface area contributed by atoms with Crippen molar-refractivity contribution in [3.63, 3.8) is 0 Å². The number of piperazine rings is 1. The first-order valence-corrected chi connectivity index (χ1v) is 11.9. The molecular weight excluding hydrogens is 442 g/mol. The van der Waals surface area contributed by atoms with Gasteiger partial charge in [-0.1, -0.05) is 12.1 Å². The number of aromatic nitrogens is 2. The number of carbonyl (C=O) groups is 1. The smallest absolute Gasteiger partial charge is 0.257 e. The van der Waals surface area contributed by atoms with Gasteiger partial charge in [0.25, 0.3) is 5.91 Å². The Morgan fingerprint density at radius 2 is 1.77 bits per heavy atom. The number of para-hydroxylation sites is 1. The van der Waals surface area contributed by atoms with E-state index in [-0.39, 0.29) is 5.91 Å². The second kappa shape index (κ2) is 9.03. The maximum absolute atomic E-state index is 13.3. The molecule has 4 aromatic rings. The normalized spacial score (nSPS) is 16.9. The lowest BCUT2D eigenvalue weighted by molar-refractivity contribution is 0.0247. The Labute approximate surface area is 203 Å². The van der Waals surface area contributed by atoms with Gasteiger partial charge in [-0.2, -0.15) is 0 Å². The Hall–Kier alpha value is -3.91. The van der Waals surface area contributed by atoms with E-state index in [2.05, 4.69) is 25.8 Å². The van der Waals surface area contributed by atoms with E-state index < -0.39 is 0 Å². The number of ether oxygens (including phenoxy) is 1. The van der Waals surface area contributed by atoms with Crippen LogP contribution in [-0.2, 0) is 0 Å². The third kappa shape index (κ3) is 4.10. The summed E-state index contributed by atoms with van der Waals surface area (Å²) in [6, 6.07) is 19.5. The number of methoxy groups -OCH3 is 1. The zero-order valence-electron chi connectivity index (χ0n) is 19.6. The fourth-order valence-corrected chi connectivity index (χ4v) is 4.85. The molecule has 4 heterocycles. The van der Waals surface area contributed by atoms with Gasteiger partial charge in [0.1, 0.15) is 17.1 Å². The lowest BCUT2D eigenvalue weighted by Gasteiger charge is -2.48. The summed E-state index contributed by atoms with van der Waals surface area (Å²) in [6.07, 6.45) is 1.84. The number of amides is 1. The van der Waals surface area contributed by atoms with Crippen LogP contribution in [0.15, 0.2) is 71.3 Å². The summed E-state index contributed by atoms with van der Waals surface area (Å²) < 4.78 is 11.3. The number of anilines is 1. The van der Waals surface area contributed by atoms with Crippen LogP contribution in [0.4, 0.5) is 5.82 Å². The highest BCUT2D eigenvalue weighted by molar-refractivity contribution is 6.04. The number of benzene rings is 2. The summed E-state index contributed by atoms with van der Waals surface area (Å²) in [6.45, 7) is 5.33. The van der Waals surface area contributed by atoms with Gasteiger partial charge >= 0.3 is 0 Å². The van der Waals surface area contributed by atoms with Gasteiger partial charge in [0.15, 0.2) is 5.58 Å². The fourth-order valence-electron chi connectivity index (χ4n) is 4.85. The summed E-state index contributed by atoms with van der Waals surface area (Å²) >= 11 is 0. The lowest BCUT2D eigenvalue weighted by atomic mass is 10.0. The summed E-state index contributed by atoms with van der Waals surface area (Å²) in [5, 5.41) is 0.